The standard InChI is InChI=1S/C22H23FN2O/c1-2-12-24-13-10-22(11-14-24)16-25(20-9-8-18(23)15-19(20)22)21(26)17-6-4-3-5-7-17/h2-9,15H,1,10-14,16H2. The Labute approximate surface area is 153 Å². The van der Waals surface area contributed by atoms with Gasteiger partial charge in [0.1, 0.15) is 5.82 Å². The first-order chi connectivity index (χ1) is 12.6. The Bertz CT molecular complexity index is 825. The van der Waals surface area contributed by atoms with E-state index in [1.807, 2.05) is 41.3 Å². The van der Waals surface area contributed by atoms with Crippen LogP contribution in [-0.2, 0) is 5.41 Å². The Morgan fingerprint density at radius 3 is 2.58 bits per heavy atom. The van der Waals surface area contributed by atoms with Crippen LogP contribution in [0.15, 0.2) is 61.2 Å². The van der Waals surface area contributed by atoms with Gasteiger partial charge in [-0.1, -0.05) is 24.3 Å². The van der Waals surface area contributed by atoms with Crippen LogP contribution in [0.1, 0.15) is 28.8 Å². The number of amides is 1. The van der Waals surface area contributed by atoms with Gasteiger partial charge < -0.3 is 4.90 Å². The molecule has 0 N–H and O–H groups in total. The first-order valence-electron chi connectivity index (χ1n) is 9.13. The Morgan fingerprint density at radius 2 is 1.88 bits per heavy atom. The monoisotopic (exact) mass is 350 g/mol. The van der Waals surface area contributed by atoms with Gasteiger partial charge in [0.15, 0.2) is 0 Å². The van der Waals surface area contributed by atoms with Gasteiger partial charge in [-0.2, -0.15) is 0 Å². The second kappa shape index (κ2) is 6.69. The molecule has 2 heterocycles. The highest BCUT2D eigenvalue weighted by Crippen LogP contribution is 2.47. The summed E-state index contributed by atoms with van der Waals surface area (Å²) in [6, 6.07) is 14.2. The molecular weight excluding hydrogens is 327 g/mol. The second-order valence-corrected chi connectivity index (χ2v) is 7.29. The first kappa shape index (κ1) is 17.0. The Balaban J connectivity index is 1.68. The molecule has 1 amide bonds. The maximum atomic E-state index is 14.0. The van der Waals surface area contributed by atoms with Crippen molar-refractivity contribution in [2.24, 2.45) is 0 Å². The Morgan fingerprint density at radius 1 is 1.15 bits per heavy atom. The molecule has 0 aromatic heterocycles. The van der Waals surface area contributed by atoms with E-state index in [0.717, 1.165) is 43.7 Å². The Kier molecular flexibility index (Phi) is 4.37. The van der Waals surface area contributed by atoms with Crippen LogP contribution in [0.3, 0.4) is 0 Å². The molecule has 134 valence electrons. The normalized spacial score (nSPS) is 18.7. The van der Waals surface area contributed by atoms with E-state index < -0.39 is 0 Å². The molecular formula is C22H23FN2O. The summed E-state index contributed by atoms with van der Waals surface area (Å²) in [5.41, 5.74) is 2.36. The van der Waals surface area contributed by atoms with Crippen LogP contribution < -0.4 is 4.90 Å². The van der Waals surface area contributed by atoms with Crippen LogP contribution in [0, 0.1) is 5.82 Å². The average molecular weight is 350 g/mol. The molecule has 2 aromatic rings. The van der Waals surface area contributed by atoms with Gasteiger partial charge in [-0.3, -0.25) is 9.69 Å². The summed E-state index contributed by atoms with van der Waals surface area (Å²) in [7, 11) is 0. The SMILES string of the molecule is C=CCN1CCC2(CC1)CN(C(=O)c1ccccc1)c1ccc(F)cc12. The third-order valence-corrected chi connectivity index (χ3v) is 5.75. The second-order valence-electron chi connectivity index (χ2n) is 7.29. The fourth-order valence-corrected chi connectivity index (χ4v) is 4.33. The number of anilines is 1. The van der Waals surface area contributed by atoms with Crippen molar-refractivity contribution in [2.45, 2.75) is 18.3 Å². The predicted octanol–water partition coefficient (Wildman–Crippen LogP) is 4.01. The summed E-state index contributed by atoms with van der Waals surface area (Å²) in [4.78, 5) is 17.3. The van der Waals surface area contributed by atoms with Gasteiger partial charge in [0, 0.05) is 29.8 Å². The number of benzene rings is 2. The molecule has 0 bridgehead atoms. The number of fused-ring (bicyclic) bond motifs is 2. The summed E-state index contributed by atoms with van der Waals surface area (Å²) in [6.07, 6.45) is 3.78. The molecule has 0 saturated carbocycles. The molecule has 1 saturated heterocycles. The molecule has 4 rings (SSSR count). The lowest BCUT2D eigenvalue weighted by molar-refractivity contribution is 0.0978. The van der Waals surface area contributed by atoms with E-state index in [1.54, 1.807) is 12.1 Å². The summed E-state index contributed by atoms with van der Waals surface area (Å²) in [6.45, 7) is 7.20. The molecule has 2 aromatic carbocycles. The maximum absolute atomic E-state index is 14.0. The van der Waals surface area contributed by atoms with Crippen LogP contribution >= 0.6 is 0 Å². The van der Waals surface area contributed by atoms with Crippen LogP contribution in [0.4, 0.5) is 10.1 Å². The van der Waals surface area contributed by atoms with Gasteiger partial charge in [0.05, 0.1) is 0 Å². The molecule has 1 fully saturated rings. The van der Waals surface area contributed by atoms with E-state index in [1.165, 1.54) is 6.07 Å². The number of hydrogen-bond donors (Lipinski definition) is 0. The van der Waals surface area contributed by atoms with Crippen LogP contribution in [0.5, 0.6) is 0 Å². The van der Waals surface area contributed by atoms with Crippen LogP contribution in [0.25, 0.3) is 0 Å². The summed E-state index contributed by atoms with van der Waals surface area (Å²) in [5, 5.41) is 0. The number of rotatable bonds is 3. The lowest BCUT2D eigenvalue weighted by atomic mass is 9.74. The minimum Gasteiger partial charge on any atom is -0.307 e. The molecule has 1 spiro atoms. The van der Waals surface area contributed by atoms with Crippen molar-refractivity contribution in [3.05, 3.63) is 78.1 Å². The lowest BCUT2D eigenvalue weighted by Gasteiger charge is -2.39. The molecule has 2 aliphatic rings. The van der Waals surface area contributed by atoms with Gasteiger partial charge in [0.2, 0.25) is 0 Å². The van der Waals surface area contributed by atoms with Crippen molar-refractivity contribution in [1.82, 2.24) is 4.90 Å². The molecule has 3 nitrogen and oxygen atoms in total. The van der Waals surface area contributed by atoms with Crippen LogP contribution in [0.2, 0.25) is 0 Å². The summed E-state index contributed by atoms with van der Waals surface area (Å²) < 4.78 is 14.0. The highest BCUT2D eigenvalue weighted by molar-refractivity contribution is 6.07. The van der Waals surface area contributed by atoms with Crippen molar-refractivity contribution < 1.29 is 9.18 Å². The highest BCUT2D eigenvalue weighted by Gasteiger charge is 2.46. The predicted molar refractivity (Wildman–Crippen MR) is 102 cm³/mol. The number of nitrogens with zero attached hydrogens (tertiary/aromatic N) is 2. The number of halogens is 1. The molecule has 2 aliphatic heterocycles. The van der Waals surface area contributed by atoms with Gasteiger partial charge in [0.25, 0.3) is 5.91 Å². The quantitative estimate of drug-likeness (QED) is 0.781. The molecule has 26 heavy (non-hydrogen) atoms. The molecule has 0 unspecified atom stereocenters. The maximum Gasteiger partial charge on any atom is 0.258 e. The minimum absolute atomic E-state index is 0.0103. The van der Waals surface area contributed by atoms with E-state index in [9.17, 15) is 9.18 Å². The number of hydrogen-bond acceptors (Lipinski definition) is 2. The van der Waals surface area contributed by atoms with E-state index in [-0.39, 0.29) is 17.1 Å². The number of carbonyl (C=O) groups is 1. The smallest absolute Gasteiger partial charge is 0.258 e. The minimum atomic E-state index is -0.231. The van der Waals surface area contributed by atoms with Crippen molar-refractivity contribution >= 4 is 11.6 Å². The lowest BCUT2D eigenvalue weighted by Crippen LogP contribution is -2.46. The zero-order valence-corrected chi connectivity index (χ0v) is 14.8. The third-order valence-electron chi connectivity index (χ3n) is 5.75. The summed E-state index contributed by atoms with van der Waals surface area (Å²) in [5.74, 6) is -0.241. The fraction of sp³-hybridized carbons (Fsp3) is 0.318. The highest BCUT2D eigenvalue weighted by atomic mass is 19.1. The number of carbonyl (C=O) groups excluding carboxylic acids is 1. The van der Waals surface area contributed by atoms with Crippen molar-refractivity contribution in [3.8, 4) is 0 Å². The van der Waals surface area contributed by atoms with E-state index in [2.05, 4.69) is 11.5 Å². The van der Waals surface area contributed by atoms with Crippen LogP contribution in [-0.4, -0.2) is 37.0 Å². The number of likely N-dealkylation sites (tertiary alicyclic amines) is 1. The molecule has 0 aliphatic carbocycles. The first-order valence-corrected chi connectivity index (χ1v) is 9.13. The number of piperidine rings is 1. The molecule has 0 radical (unpaired) electrons. The Hall–Kier alpha value is -2.46. The van der Waals surface area contributed by atoms with E-state index in [0.29, 0.717) is 12.1 Å². The van der Waals surface area contributed by atoms with Crippen molar-refractivity contribution in [1.29, 1.82) is 0 Å². The summed E-state index contributed by atoms with van der Waals surface area (Å²) >= 11 is 0. The zero-order valence-electron chi connectivity index (χ0n) is 14.8. The van der Waals surface area contributed by atoms with Crippen molar-refractivity contribution in [3.63, 3.8) is 0 Å². The van der Waals surface area contributed by atoms with Crippen molar-refractivity contribution in [2.75, 3.05) is 31.1 Å². The average Bonchev–Trinajstić information content (AvgIpc) is 2.98. The molecule has 4 heteroatoms. The van der Waals surface area contributed by atoms with Gasteiger partial charge >= 0.3 is 0 Å². The zero-order chi connectivity index (χ0) is 18.1. The third kappa shape index (κ3) is 2.84. The van der Waals surface area contributed by atoms with Gasteiger partial charge in [-0.25, -0.2) is 4.39 Å². The van der Waals surface area contributed by atoms with E-state index in [4.69, 9.17) is 0 Å². The topological polar surface area (TPSA) is 23.6 Å². The largest absolute Gasteiger partial charge is 0.307 e. The van der Waals surface area contributed by atoms with Gasteiger partial charge in [-0.15, -0.1) is 6.58 Å². The fourth-order valence-electron chi connectivity index (χ4n) is 4.33. The van der Waals surface area contributed by atoms with Gasteiger partial charge in [-0.05, 0) is 61.8 Å². The molecule has 0 atom stereocenters. The van der Waals surface area contributed by atoms with E-state index >= 15 is 0 Å².